The largest absolute Gasteiger partial charge is 0.393 e. The Kier molecular flexibility index (Phi) is 4.02. The Morgan fingerprint density at radius 3 is 2.84 bits per heavy atom. The minimum atomic E-state index is -0.348. The van der Waals surface area contributed by atoms with E-state index < -0.39 is 0 Å². The number of benzene rings is 1. The molecule has 2 fully saturated rings. The van der Waals surface area contributed by atoms with Crippen molar-refractivity contribution in [3.63, 3.8) is 0 Å². The zero-order valence-electron chi connectivity index (χ0n) is 17.1. The van der Waals surface area contributed by atoms with Gasteiger partial charge in [0.05, 0.1) is 18.3 Å². The third-order valence-corrected chi connectivity index (χ3v) is 7.03. The number of para-hydroxylation sites is 1. The number of hydrogen-bond acceptors (Lipinski definition) is 5. The van der Waals surface area contributed by atoms with E-state index in [0.29, 0.717) is 50.2 Å². The Hall–Kier alpha value is -3.13. The number of H-pyrrole nitrogens is 1. The second-order valence-corrected chi connectivity index (χ2v) is 9.01. The second-order valence-electron chi connectivity index (χ2n) is 9.01. The number of carbonyl (C=O) groups excluding carboxylic acids is 2. The van der Waals surface area contributed by atoms with E-state index in [-0.39, 0.29) is 29.2 Å². The van der Waals surface area contributed by atoms with Crippen LogP contribution < -0.4 is 0 Å². The molecular formula is C23H24N4O4. The van der Waals surface area contributed by atoms with Crippen molar-refractivity contribution < 1.29 is 19.2 Å². The van der Waals surface area contributed by atoms with Crippen LogP contribution in [0.25, 0.3) is 10.9 Å². The maximum atomic E-state index is 13.4. The summed E-state index contributed by atoms with van der Waals surface area (Å²) in [5, 5.41) is 15.2. The summed E-state index contributed by atoms with van der Waals surface area (Å²) in [6, 6.07) is 9.65. The molecule has 2 N–H and O–H groups in total. The third kappa shape index (κ3) is 2.96. The van der Waals surface area contributed by atoms with Crippen LogP contribution in [-0.4, -0.2) is 61.6 Å². The molecule has 2 aromatic heterocycles. The van der Waals surface area contributed by atoms with E-state index in [1.54, 1.807) is 4.90 Å². The van der Waals surface area contributed by atoms with Crippen LogP contribution in [0.15, 0.2) is 34.9 Å². The molecule has 1 unspecified atom stereocenters. The van der Waals surface area contributed by atoms with Crippen LogP contribution >= 0.6 is 0 Å². The van der Waals surface area contributed by atoms with Crippen molar-refractivity contribution in [3.05, 3.63) is 53.0 Å². The van der Waals surface area contributed by atoms with E-state index in [1.807, 2.05) is 35.2 Å². The molecule has 1 aliphatic carbocycles. The molecule has 6 rings (SSSR count). The van der Waals surface area contributed by atoms with Gasteiger partial charge < -0.3 is 24.4 Å². The van der Waals surface area contributed by atoms with Gasteiger partial charge in [0, 0.05) is 41.5 Å². The molecule has 8 nitrogen and oxygen atoms in total. The lowest BCUT2D eigenvalue weighted by Gasteiger charge is -2.38. The van der Waals surface area contributed by atoms with Crippen molar-refractivity contribution in [2.24, 2.45) is 0 Å². The zero-order chi connectivity index (χ0) is 21.2. The number of aliphatic hydroxyl groups is 1. The van der Waals surface area contributed by atoms with Gasteiger partial charge in [-0.2, -0.15) is 0 Å². The number of hydrogen-bond donors (Lipinski definition) is 2. The highest BCUT2D eigenvalue weighted by Crippen LogP contribution is 2.49. The first-order valence-corrected chi connectivity index (χ1v) is 10.9. The molecule has 2 aliphatic heterocycles. The Bertz CT molecular complexity index is 1160. The van der Waals surface area contributed by atoms with E-state index >= 15 is 0 Å². The van der Waals surface area contributed by atoms with E-state index in [1.165, 1.54) is 0 Å². The van der Waals surface area contributed by atoms with E-state index in [4.69, 9.17) is 4.52 Å². The summed E-state index contributed by atoms with van der Waals surface area (Å²) in [6.45, 7) is 1.35. The zero-order valence-corrected chi connectivity index (χ0v) is 17.1. The van der Waals surface area contributed by atoms with Crippen molar-refractivity contribution in [1.82, 2.24) is 19.9 Å². The number of piperidine rings is 1. The number of fused-ring (bicyclic) bond motifs is 2. The third-order valence-electron chi connectivity index (χ3n) is 7.03. The Labute approximate surface area is 178 Å². The fraction of sp³-hybridized carbons (Fsp3) is 0.435. The number of likely N-dealkylation sites (tertiary alicyclic amines) is 1. The van der Waals surface area contributed by atoms with Crippen molar-refractivity contribution in [3.8, 4) is 0 Å². The van der Waals surface area contributed by atoms with E-state index in [0.717, 1.165) is 29.4 Å². The first kappa shape index (κ1) is 18.6. The van der Waals surface area contributed by atoms with Crippen LogP contribution in [0.2, 0.25) is 0 Å². The summed E-state index contributed by atoms with van der Waals surface area (Å²) in [5.41, 5.74) is 2.69. The number of nitrogens with one attached hydrogen (secondary N) is 1. The van der Waals surface area contributed by atoms with Crippen LogP contribution in [0.1, 0.15) is 58.0 Å². The van der Waals surface area contributed by atoms with Gasteiger partial charge in [-0.15, -0.1) is 0 Å². The van der Waals surface area contributed by atoms with Gasteiger partial charge in [0.1, 0.15) is 5.69 Å². The van der Waals surface area contributed by atoms with Crippen LogP contribution in [0.3, 0.4) is 0 Å². The van der Waals surface area contributed by atoms with Crippen molar-refractivity contribution in [2.45, 2.75) is 50.3 Å². The molecule has 3 aromatic rings. The first-order valence-electron chi connectivity index (χ1n) is 10.9. The average Bonchev–Trinajstić information content (AvgIpc) is 3.23. The van der Waals surface area contributed by atoms with Gasteiger partial charge in [-0.3, -0.25) is 9.59 Å². The monoisotopic (exact) mass is 420 g/mol. The van der Waals surface area contributed by atoms with Gasteiger partial charge in [0.25, 0.3) is 11.8 Å². The standard InChI is InChI=1S/C23H24N4O4/c28-15-5-10-27(23(12-15)7-8-23)22(30)20-16-13-26(9-6-18(16)25-31-20)21(29)19-11-14-3-1-2-4-17(14)24-19/h1-4,11,15,24,28H,5-10,12-13H2. The number of aliphatic hydroxyl groups excluding tert-OH is 1. The van der Waals surface area contributed by atoms with Gasteiger partial charge in [0.15, 0.2) is 0 Å². The summed E-state index contributed by atoms with van der Waals surface area (Å²) in [4.78, 5) is 33.3. The highest BCUT2D eigenvalue weighted by atomic mass is 16.5. The normalized spacial score (nSPS) is 22.0. The molecule has 4 heterocycles. The molecule has 31 heavy (non-hydrogen) atoms. The lowest BCUT2D eigenvalue weighted by atomic mass is 9.96. The van der Waals surface area contributed by atoms with Gasteiger partial charge in [-0.05, 0) is 37.8 Å². The van der Waals surface area contributed by atoms with Gasteiger partial charge in [0.2, 0.25) is 5.76 Å². The van der Waals surface area contributed by atoms with Crippen molar-refractivity contribution >= 4 is 22.7 Å². The lowest BCUT2D eigenvalue weighted by Crippen LogP contribution is -2.49. The summed E-state index contributed by atoms with van der Waals surface area (Å²) in [5.74, 6) is -0.0221. The quantitative estimate of drug-likeness (QED) is 0.663. The number of rotatable bonds is 2. The first-order chi connectivity index (χ1) is 15.0. The minimum absolute atomic E-state index is 0.0961. The smallest absolute Gasteiger partial charge is 0.293 e. The van der Waals surface area contributed by atoms with Crippen LogP contribution in [0.4, 0.5) is 0 Å². The topological polar surface area (TPSA) is 103 Å². The van der Waals surface area contributed by atoms with E-state index in [9.17, 15) is 14.7 Å². The summed E-state index contributed by atoms with van der Waals surface area (Å²) < 4.78 is 5.51. The molecule has 1 aromatic carbocycles. The highest BCUT2D eigenvalue weighted by Gasteiger charge is 2.54. The van der Waals surface area contributed by atoms with Crippen molar-refractivity contribution in [1.29, 1.82) is 0 Å². The highest BCUT2D eigenvalue weighted by molar-refractivity contribution is 5.98. The average molecular weight is 420 g/mol. The molecule has 160 valence electrons. The molecular weight excluding hydrogens is 396 g/mol. The van der Waals surface area contributed by atoms with E-state index in [2.05, 4.69) is 10.1 Å². The molecule has 3 aliphatic rings. The van der Waals surface area contributed by atoms with Crippen LogP contribution in [0, 0.1) is 0 Å². The van der Waals surface area contributed by atoms with Gasteiger partial charge >= 0.3 is 0 Å². The number of carbonyl (C=O) groups is 2. The molecule has 2 amide bonds. The minimum Gasteiger partial charge on any atom is -0.393 e. The van der Waals surface area contributed by atoms with Crippen LogP contribution in [-0.2, 0) is 13.0 Å². The lowest BCUT2D eigenvalue weighted by molar-refractivity contribution is 0.0219. The number of aromatic nitrogens is 2. The molecule has 1 spiro atoms. The SMILES string of the molecule is O=C(c1cc2ccccc2[nH]1)N1CCc2noc(C(=O)N3CCC(O)CC34CC4)c2C1. The van der Waals surface area contributed by atoms with Gasteiger partial charge in [-0.25, -0.2) is 0 Å². The maximum absolute atomic E-state index is 13.4. The predicted octanol–water partition coefficient (Wildman–Crippen LogP) is 2.48. The molecule has 1 atom stereocenters. The fourth-order valence-corrected chi connectivity index (χ4v) is 5.14. The Morgan fingerprint density at radius 2 is 2.03 bits per heavy atom. The predicted molar refractivity (Wildman–Crippen MR) is 111 cm³/mol. The summed E-state index contributed by atoms with van der Waals surface area (Å²) >= 11 is 0. The molecule has 1 saturated heterocycles. The number of amides is 2. The molecule has 8 heteroatoms. The van der Waals surface area contributed by atoms with Crippen molar-refractivity contribution in [2.75, 3.05) is 13.1 Å². The Morgan fingerprint density at radius 1 is 1.19 bits per heavy atom. The summed E-state index contributed by atoms with van der Waals surface area (Å²) in [6.07, 6.45) is 3.24. The van der Waals surface area contributed by atoms with Crippen LogP contribution in [0.5, 0.6) is 0 Å². The number of aromatic amines is 1. The Balaban J connectivity index is 1.26. The second kappa shape index (κ2) is 6.68. The number of nitrogens with zero attached hydrogens (tertiary/aromatic N) is 3. The molecule has 0 radical (unpaired) electrons. The molecule has 1 saturated carbocycles. The maximum Gasteiger partial charge on any atom is 0.293 e. The fourth-order valence-electron chi connectivity index (χ4n) is 5.14. The summed E-state index contributed by atoms with van der Waals surface area (Å²) in [7, 11) is 0. The van der Waals surface area contributed by atoms with Gasteiger partial charge in [-0.1, -0.05) is 23.4 Å². The molecule has 0 bridgehead atoms.